The fourth-order valence-corrected chi connectivity index (χ4v) is 3.57. The molecule has 2 aromatic heterocycles. The number of alkyl halides is 1. The molecule has 0 radical (unpaired) electrons. The Morgan fingerprint density at radius 1 is 1.36 bits per heavy atom. The second kappa shape index (κ2) is 6.35. The number of piperidine rings is 1. The molecular weight excluding hydrogens is 272 g/mol. The van der Waals surface area contributed by atoms with Crippen LogP contribution >= 0.6 is 0 Å². The van der Waals surface area contributed by atoms with Crippen molar-refractivity contribution in [1.29, 1.82) is 0 Å². The van der Waals surface area contributed by atoms with Crippen molar-refractivity contribution in [2.24, 2.45) is 5.92 Å². The van der Waals surface area contributed by atoms with Crippen molar-refractivity contribution in [3.8, 4) is 0 Å². The van der Waals surface area contributed by atoms with Crippen LogP contribution in [0.25, 0.3) is 11.0 Å². The molecule has 0 unspecified atom stereocenters. The van der Waals surface area contributed by atoms with Crippen LogP contribution in [0.3, 0.4) is 0 Å². The first kappa shape index (κ1) is 16.0. The third kappa shape index (κ3) is 3.74. The molecular formula is C17H23FLiN3. The fourth-order valence-electron chi connectivity index (χ4n) is 3.57. The number of halogens is 1. The van der Waals surface area contributed by atoms with E-state index in [0.717, 1.165) is 38.1 Å². The Bertz CT molecular complexity index is 639. The van der Waals surface area contributed by atoms with Gasteiger partial charge >= 0.3 is 141 Å². The molecule has 1 saturated heterocycles. The number of pyridine rings is 1. The summed E-state index contributed by atoms with van der Waals surface area (Å²) >= 11 is 2.15. The van der Waals surface area contributed by atoms with Crippen LogP contribution in [-0.4, -0.2) is 57.5 Å². The Morgan fingerprint density at radius 2 is 2.09 bits per heavy atom. The van der Waals surface area contributed by atoms with Gasteiger partial charge in [-0.15, -0.1) is 0 Å². The van der Waals surface area contributed by atoms with E-state index in [2.05, 4.69) is 44.4 Å². The minimum atomic E-state index is -1.09. The number of hydrogen-bond donors (Lipinski definition) is 0. The number of hydrogen-bond acceptors (Lipinski definition) is 2. The van der Waals surface area contributed by atoms with Crippen LogP contribution in [-0.2, 0) is 6.54 Å². The zero-order valence-corrected chi connectivity index (χ0v) is 13.8. The molecule has 2 aromatic rings. The van der Waals surface area contributed by atoms with Crippen molar-refractivity contribution in [3.63, 3.8) is 0 Å². The van der Waals surface area contributed by atoms with Crippen LogP contribution in [0.1, 0.15) is 26.7 Å². The van der Waals surface area contributed by atoms with Crippen LogP contribution in [0.2, 0.25) is 0 Å². The van der Waals surface area contributed by atoms with Crippen molar-refractivity contribution in [3.05, 3.63) is 24.5 Å². The molecule has 22 heavy (non-hydrogen) atoms. The molecule has 0 aliphatic carbocycles. The Morgan fingerprint density at radius 3 is 2.77 bits per heavy atom. The maximum atomic E-state index is 13.7. The number of aromatic nitrogens is 2. The summed E-state index contributed by atoms with van der Waals surface area (Å²) in [6, 6.07) is 4.14. The third-order valence-corrected chi connectivity index (χ3v) is 4.59. The quantitative estimate of drug-likeness (QED) is 0.807. The van der Waals surface area contributed by atoms with Gasteiger partial charge in [0.15, 0.2) is 0 Å². The van der Waals surface area contributed by atoms with Crippen molar-refractivity contribution in [2.75, 3.05) is 19.6 Å². The van der Waals surface area contributed by atoms with Gasteiger partial charge in [-0.25, -0.2) is 0 Å². The molecule has 1 aliphatic heterocycles. The first-order valence-electron chi connectivity index (χ1n) is 8.24. The first-order valence-corrected chi connectivity index (χ1v) is 8.24. The topological polar surface area (TPSA) is 21.1 Å². The molecule has 0 N–H and O–H groups in total. The SMILES string of the molecule is [Li][c]1cn(CC2CCN(CC(C)(C)F)CC2)c2ncccc12. The van der Waals surface area contributed by atoms with E-state index in [-0.39, 0.29) is 0 Å². The average Bonchev–Trinajstić information content (AvgIpc) is 2.77. The van der Waals surface area contributed by atoms with E-state index in [1.165, 1.54) is 9.62 Å². The Hall–Kier alpha value is -0.823. The summed E-state index contributed by atoms with van der Waals surface area (Å²) in [4.78, 5) is 6.79. The van der Waals surface area contributed by atoms with Gasteiger partial charge < -0.3 is 0 Å². The van der Waals surface area contributed by atoms with E-state index in [0.29, 0.717) is 12.5 Å². The van der Waals surface area contributed by atoms with Crippen molar-refractivity contribution in [2.45, 2.75) is 38.9 Å². The van der Waals surface area contributed by atoms with Gasteiger partial charge in [0.25, 0.3) is 0 Å². The van der Waals surface area contributed by atoms with Crippen LogP contribution in [0.15, 0.2) is 24.5 Å². The molecule has 1 fully saturated rings. The summed E-state index contributed by atoms with van der Waals surface area (Å²) in [6.07, 6.45) is 6.36. The van der Waals surface area contributed by atoms with E-state index in [1.807, 2.05) is 12.3 Å². The summed E-state index contributed by atoms with van der Waals surface area (Å²) in [7, 11) is 0. The third-order valence-electron chi connectivity index (χ3n) is 4.59. The van der Waals surface area contributed by atoms with Crippen molar-refractivity contribution >= 4 is 33.0 Å². The summed E-state index contributed by atoms with van der Waals surface area (Å²) < 4.78 is 17.3. The molecule has 0 bridgehead atoms. The Labute approximate surface area is 141 Å². The Balaban J connectivity index is 1.63. The summed E-state index contributed by atoms with van der Waals surface area (Å²) in [5.41, 5.74) is -0.00265. The van der Waals surface area contributed by atoms with Crippen LogP contribution in [0, 0.1) is 5.92 Å². The predicted molar refractivity (Wildman–Crippen MR) is 89.5 cm³/mol. The number of likely N-dealkylation sites (tertiary alicyclic amines) is 1. The molecule has 0 atom stereocenters. The molecule has 1 aliphatic rings. The molecule has 0 aromatic carbocycles. The van der Waals surface area contributed by atoms with E-state index >= 15 is 0 Å². The molecule has 0 spiro atoms. The maximum absolute atomic E-state index is 13.7. The van der Waals surface area contributed by atoms with Crippen LogP contribution < -0.4 is 4.24 Å². The van der Waals surface area contributed by atoms with Gasteiger partial charge in [-0.3, -0.25) is 0 Å². The van der Waals surface area contributed by atoms with Gasteiger partial charge in [0, 0.05) is 0 Å². The van der Waals surface area contributed by atoms with Gasteiger partial charge in [0.05, 0.1) is 0 Å². The average molecular weight is 295 g/mol. The normalized spacial score (nSPS) is 18.2. The van der Waals surface area contributed by atoms with Gasteiger partial charge in [0.1, 0.15) is 0 Å². The summed E-state index contributed by atoms with van der Waals surface area (Å²) in [5, 5.41) is 1.25. The van der Waals surface area contributed by atoms with Gasteiger partial charge in [-0.05, 0) is 0 Å². The number of nitrogens with zero attached hydrogens (tertiary/aromatic N) is 3. The fraction of sp³-hybridized carbons (Fsp3) is 0.588. The molecule has 3 heterocycles. The molecule has 0 saturated carbocycles. The zero-order chi connectivity index (χ0) is 15.7. The predicted octanol–water partition coefficient (Wildman–Crippen LogP) is 2.29. The second-order valence-corrected chi connectivity index (χ2v) is 7.28. The van der Waals surface area contributed by atoms with Crippen LogP contribution in [0.5, 0.6) is 0 Å². The minimum absolute atomic E-state index is 0.548. The van der Waals surface area contributed by atoms with E-state index in [9.17, 15) is 4.39 Å². The molecule has 3 rings (SSSR count). The number of rotatable bonds is 4. The van der Waals surface area contributed by atoms with Gasteiger partial charge in [0.2, 0.25) is 0 Å². The standard InChI is InChI=1S/C17H23FN3.Li/c1-17(2,18)13-20-9-5-14(6-10-20)12-21-11-7-15-4-3-8-19-16(15)21;/h3-4,8,11,14H,5-6,9-10,12-13H2,1-2H3;. The molecule has 114 valence electrons. The Kier molecular flexibility index (Phi) is 4.63. The van der Waals surface area contributed by atoms with Gasteiger partial charge in [-0.2, -0.15) is 0 Å². The molecule has 5 heteroatoms. The first-order chi connectivity index (χ1) is 10.4. The van der Waals surface area contributed by atoms with E-state index < -0.39 is 5.67 Å². The number of fused-ring (bicyclic) bond motifs is 1. The monoisotopic (exact) mass is 295 g/mol. The summed E-state index contributed by atoms with van der Waals surface area (Å²) in [5.74, 6) is 0.663. The van der Waals surface area contributed by atoms with E-state index in [4.69, 9.17) is 0 Å². The van der Waals surface area contributed by atoms with Crippen LogP contribution in [0.4, 0.5) is 4.39 Å². The van der Waals surface area contributed by atoms with Gasteiger partial charge in [-0.1, -0.05) is 0 Å². The van der Waals surface area contributed by atoms with Crippen molar-refractivity contribution < 1.29 is 4.39 Å². The molecule has 0 amide bonds. The van der Waals surface area contributed by atoms with Crippen molar-refractivity contribution in [1.82, 2.24) is 14.5 Å². The second-order valence-electron chi connectivity index (χ2n) is 7.28. The zero-order valence-electron chi connectivity index (χ0n) is 13.8. The molecule has 3 nitrogen and oxygen atoms in total. The van der Waals surface area contributed by atoms with E-state index in [1.54, 1.807) is 13.8 Å². The summed E-state index contributed by atoms with van der Waals surface area (Å²) in [6.45, 7) is 6.91.